The van der Waals surface area contributed by atoms with Gasteiger partial charge in [-0.1, -0.05) is 0 Å². The minimum atomic E-state index is 0.914. The van der Waals surface area contributed by atoms with Crippen molar-refractivity contribution >= 4 is 26.2 Å². The van der Waals surface area contributed by atoms with Crippen LogP contribution in [-0.4, -0.2) is 17.9 Å². The highest BCUT2D eigenvalue weighted by Gasteiger charge is 1.65. The van der Waals surface area contributed by atoms with Gasteiger partial charge in [0.2, 0.25) is 0 Å². The summed E-state index contributed by atoms with van der Waals surface area (Å²) in [7, 11) is 0.914. The number of nitrogens with zero attached hydrogens (tertiary/aromatic N) is 2. The van der Waals surface area contributed by atoms with Gasteiger partial charge >= 0.3 is 0 Å². The van der Waals surface area contributed by atoms with Gasteiger partial charge in [-0.15, -0.1) is 0 Å². The number of rotatable bonds is 0. The molecule has 0 fully saturated rings. The lowest BCUT2D eigenvalue weighted by molar-refractivity contribution is 1.66. The molecule has 0 aromatic heterocycles. The Labute approximate surface area is 43.2 Å². The maximum Gasteiger partial charge on any atom is 0.0885 e. The van der Waals surface area contributed by atoms with E-state index in [-0.39, 0.29) is 0 Å². The Morgan fingerprint density at radius 2 is 2.57 bits per heavy atom. The molecular formula is C4H3N2P. The monoisotopic (exact) mass is 110 g/mol. The van der Waals surface area contributed by atoms with Gasteiger partial charge < -0.3 is 0 Å². The molecule has 0 amide bonds. The lowest BCUT2D eigenvalue weighted by Crippen LogP contribution is -1.62. The summed E-state index contributed by atoms with van der Waals surface area (Å²) in [6.07, 6.45) is 3.24. The molecular weight excluding hydrogens is 107 g/mol. The Balaban J connectivity index is 2.86. The smallest absolute Gasteiger partial charge is 0.0885 e. The van der Waals surface area contributed by atoms with E-state index in [2.05, 4.69) is 15.6 Å². The molecule has 1 aliphatic rings. The Bertz CT molecular complexity index is 147. The van der Waals surface area contributed by atoms with Crippen LogP contribution in [0.15, 0.2) is 16.0 Å². The zero-order chi connectivity index (χ0) is 4.95. The number of aliphatic imine (C=N–C) groups is 1. The molecule has 1 aliphatic heterocycles. The summed E-state index contributed by atoms with van der Waals surface area (Å²) in [5, 5.41) is 0. The van der Waals surface area contributed by atoms with Crippen molar-refractivity contribution in [1.29, 1.82) is 0 Å². The van der Waals surface area contributed by atoms with Crippen molar-refractivity contribution in [2.75, 3.05) is 0 Å². The second kappa shape index (κ2) is 2.46. The minimum absolute atomic E-state index is 0.914. The van der Waals surface area contributed by atoms with Gasteiger partial charge in [0.15, 0.2) is 0 Å². The van der Waals surface area contributed by atoms with Crippen LogP contribution in [0.2, 0.25) is 0 Å². The third kappa shape index (κ3) is 1.45. The SMILES string of the molecule is C1=CN=CC=PN=1. The molecule has 0 radical (unpaired) electrons. The summed E-state index contributed by atoms with van der Waals surface area (Å²) in [5.74, 6) is 4.45. The Morgan fingerprint density at radius 3 is 3.57 bits per heavy atom. The minimum Gasteiger partial charge on any atom is -0.254 e. The van der Waals surface area contributed by atoms with E-state index in [1.807, 2.05) is 5.80 Å². The Kier molecular flexibility index (Phi) is 1.56. The predicted octanol–water partition coefficient (Wildman–Crippen LogP) is 0.918. The molecule has 2 nitrogen and oxygen atoms in total. The molecule has 3 heteroatoms. The Hall–Kier alpha value is -0.710. The summed E-state index contributed by atoms with van der Waals surface area (Å²) in [4.78, 5) is 3.75. The van der Waals surface area contributed by atoms with Crippen LogP contribution in [0, 0.1) is 0 Å². The van der Waals surface area contributed by atoms with Crippen molar-refractivity contribution in [3.05, 3.63) is 6.20 Å². The van der Waals surface area contributed by atoms with Crippen LogP contribution in [0.3, 0.4) is 0 Å². The highest BCUT2D eigenvalue weighted by Crippen LogP contribution is 1.91. The first kappa shape index (κ1) is 4.45. The van der Waals surface area contributed by atoms with Gasteiger partial charge in [-0.05, 0) is 0 Å². The first-order chi connectivity index (χ1) is 3.50. The molecule has 1 heterocycles. The van der Waals surface area contributed by atoms with E-state index < -0.39 is 0 Å². The lowest BCUT2D eigenvalue weighted by Gasteiger charge is -1.59. The van der Waals surface area contributed by atoms with E-state index in [0.717, 1.165) is 8.35 Å². The highest BCUT2D eigenvalue weighted by molar-refractivity contribution is 7.39. The van der Waals surface area contributed by atoms with Crippen molar-refractivity contribution in [3.8, 4) is 0 Å². The second-order valence-electron chi connectivity index (χ2n) is 0.921. The van der Waals surface area contributed by atoms with Crippen LogP contribution in [0.25, 0.3) is 0 Å². The molecule has 0 saturated carbocycles. The molecule has 0 unspecified atom stereocenters. The molecule has 1 rings (SSSR count). The Morgan fingerprint density at radius 1 is 1.57 bits per heavy atom. The van der Waals surface area contributed by atoms with Gasteiger partial charge in [-0.2, -0.15) is 4.76 Å². The first-order valence-electron chi connectivity index (χ1n) is 1.82. The largest absolute Gasteiger partial charge is 0.254 e. The van der Waals surface area contributed by atoms with Crippen molar-refractivity contribution in [1.82, 2.24) is 0 Å². The zero-order valence-electron chi connectivity index (χ0n) is 3.57. The fourth-order valence-electron chi connectivity index (χ4n) is 0.237. The maximum absolute atomic E-state index is 3.76. The number of hydrogen-bond donors (Lipinski definition) is 0. The average molecular weight is 110 g/mol. The van der Waals surface area contributed by atoms with Crippen LogP contribution in [-0.2, 0) is 0 Å². The van der Waals surface area contributed by atoms with E-state index in [0.29, 0.717) is 0 Å². The average Bonchev–Trinajstić information content (AvgIpc) is 1.90. The summed E-state index contributed by atoms with van der Waals surface area (Å²) < 4.78 is 3.76. The second-order valence-corrected chi connectivity index (χ2v) is 1.65. The summed E-state index contributed by atoms with van der Waals surface area (Å²) in [6, 6.07) is 0. The molecule has 7 heavy (non-hydrogen) atoms. The van der Waals surface area contributed by atoms with E-state index in [4.69, 9.17) is 0 Å². The van der Waals surface area contributed by atoms with Crippen molar-refractivity contribution < 1.29 is 0 Å². The van der Waals surface area contributed by atoms with Gasteiger partial charge in [-0.25, -0.2) is 0 Å². The van der Waals surface area contributed by atoms with Gasteiger partial charge in [0.05, 0.1) is 14.6 Å². The van der Waals surface area contributed by atoms with E-state index in [1.165, 1.54) is 6.20 Å². The molecule has 0 spiro atoms. The van der Waals surface area contributed by atoms with Crippen LogP contribution in [0.4, 0.5) is 0 Å². The van der Waals surface area contributed by atoms with Crippen LogP contribution in [0.1, 0.15) is 0 Å². The first-order valence-corrected chi connectivity index (χ1v) is 2.74. The zero-order valence-corrected chi connectivity index (χ0v) is 4.47. The molecule has 0 N–H and O–H groups in total. The topological polar surface area (TPSA) is 24.7 Å². The molecule has 0 aromatic carbocycles. The molecule has 0 aliphatic carbocycles. The van der Waals surface area contributed by atoms with E-state index in [9.17, 15) is 0 Å². The molecule has 0 bridgehead atoms. The van der Waals surface area contributed by atoms with E-state index in [1.54, 1.807) is 6.21 Å². The van der Waals surface area contributed by atoms with Crippen molar-refractivity contribution in [2.24, 2.45) is 9.76 Å². The van der Waals surface area contributed by atoms with Crippen molar-refractivity contribution in [2.45, 2.75) is 0 Å². The third-order valence-corrected chi connectivity index (χ3v) is 0.965. The van der Waals surface area contributed by atoms with Gasteiger partial charge in [0, 0.05) is 17.9 Å². The summed E-state index contributed by atoms with van der Waals surface area (Å²) >= 11 is 0. The van der Waals surface area contributed by atoms with Gasteiger partial charge in [0.25, 0.3) is 0 Å². The van der Waals surface area contributed by atoms with Crippen LogP contribution in [0.5, 0.6) is 0 Å². The standard InChI is InChI=1S/C4H3N2P/c1-2-6-7-4-3-5-1/h1,3-4H. The van der Waals surface area contributed by atoms with E-state index >= 15 is 0 Å². The fourth-order valence-corrected chi connectivity index (χ4v) is 0.559. The normalized spacial score (nSPS) is 17.1. The molecule has 34 valence electrons. The van der Waals surface area contributed by atoms with Gasteiger partial charge in [0.1, 0.15) is 0 Å². The quantitative estimate of drug-likeness (QED) is 0.414. The predicted molar refractivity (Wildman–Crippen MR) is 33.5 cm³/mol. The highest BCUT2D eigenvalue weighted by atomic mass is 31.1. The summed E-state index contributed by atoms with van der Waals surface area (Å²) in [5.41, 5.74) is 0. The maximum atomic E-state index is 3.76. The fraction of sp³-hybridized carbons (Fsp3) is 0. The van der Waals surface area contributed by atoms with Gasteiger partial charge in [-0.3, -0.25) is 4.99 Å². The number of hydrogen-bond acceptors (Lipinski definition) is 2. The third-order valence-electron chi connectivity index (χ3n) is 0.467. The van der Waals surface area contributed by atoms with Crippen LogP contribution >= 0.6 is 8.35 Å². The van der Waals surface area contributed by atoms with Crippen molar-refractivity contribution in [3.63, 3.8) is 0 Å². The molecule has 0 aromatic rings. The van der Waals surface area contributed by atoms with Crippen LogP contribution < -0.4 is 0 Å². The molecule has 0 saturated heterocycles. The lowest BCUT2D eigenvalue weighted by atomic mass is 10.8. The summed E-state index contributed by atoms with van der Waals surface area (Å²) in [6.45, 7) is 0. The molecule has 0 atom stereocenters.